The molecular weight excluding hydrogens is 324 g/mol. The number of fused-ring (bicyclic) bond motifs is 1. The van der Waals surface area contributed by atoms with E-state index in [1.165, 1.54) is 5.82 Å². The fraction of sp³-hybridized carbons (Fsp3) is 0.316. The highest BCUT2D eigenvalue weighted by atomic mass is 35.5. The van der Waals surface area contributed by atoms with Crippen LogP contribution < -0.4 is 9.30 Å². The van der Waals surface area contributed by atoms with Gasteiger partial charge in [-0.2, -0.15) is 0 Å². The molecule has 0 saturated heterocycles. The molecule has 0 amide bonds. The number of rotatable bonds is 6. The molecule has 0 aliphatic heterocycles. The van der Waals surface area contributed by atoms with Gasteiger partial charge in [-0.25, -0.2) is 9.13 Å². The SMILES string of the molecule is CCc1n(C[C@H](O)COc2cccc(Cl)c2)c2ccccc2[n+]1C. The van der Waals surface area contributed by atoms with Gasteiger partial charge in [-0.15, -0.1) is 0 Å². The van der Waals surface area contributed by atoms with Gasteiger partial charge in [0.25, 0.3) is 5.82 Å². The highest BCUT2D eigenvalue weighted by molar-refractivity contribution is 6.30. The molecule has 1 N–H and O–H groups in total. The highest BCUT2D eigenvalue weighted by Crippen LogP contribution is 2.18. The van der Waals surface area contributed by atoms with Crippen LogP contribution in [-0.2, 0) is 20.0 Å². The molecule has 2 aromatic carbocycles. The van der Waals surface area contributed by atoms with Crippen molar-refractivity contribution in [1.29, 1.82) is 0 Å². The van der Waals surface area contributed by atoms with Crippen molar-refractivity contribution in [2.75, 3.05) is 6.61 Å². The summed E-state index contributed by atoms with van der Waals surface area (Å²) in [5.41, 5.74) is 2.29. The molecule has 1 heterocycles. The highest BCUT2D eigenvalue weighted by Gasteiger charge is 2.23. The number of ether oxygens (including phenoxy) is 1. The van der Waals surface area contributed by atoms with E-state index in [1.807, 2.05) is 24.3 Å². The molecule has 5 heteroatoms. The minimum Gasteiger partial charge on any atom is -0.491 e. The number of halogens is 1. The molecule has 3 rings (SSSR count). The molecule has 24 heavy (non-hydrogen) atoms. The molecule has 126 valence electrons. The average Bonchev–Trinajstić information content (AvgIpc) is 2.85. The van der Waals surface area contributed by atoms with Crippen molar-refractivity contribution in [2.45, 2.75) is 26.0 Å². The zero-order valence-electron chi connectivity index (χ0n) is 13.9. The Balaban J connectivity index is 1.77. The number of hydrogen-bond acceptors (Lipinski definition) is 2. The maximum atomic E-state index is 10.4. The van der Waals surface area contributed by atoms with Crippen LogP contribution in [-0.4, -0.2) is 22.4 Å². The van der Waals surface area contributed by atoms with Gasteiger partial charge < -0.3 is 9.84 Å². The molecule has 0 unspecified atom stereocenters. The Hall–Kier alpha value is -2.04. The number of nitrogens with zero attached hydrogens (tertiary/aromatic N) is 2. The predicted molar refractivity (Wildman–Crippen MR) is 95.4 cm³/mol. The number of hydrogen-bond donors (Lipinski definition) is 1. The van der Waals surface area contributed by atoms with Crippen molar-refractivity contribution in [3.63, 3.8) is 0 Å². The zero-order valence-corrected chi connectivity index (χ0v) is 14.7. The van der Waals surface area contributed by atoms with Crippen LogP contribution >= 0.6 is 11.6 Å². The summed E-state index contributed by atoms with van der Waals surface area (Å²) in [6.07, 6.45) is 0.289. The molecule has 0 bridgehead atoms. The second-order valence-corrected chi connectivity index (χ2v) is 6.29. The van der Waals surface area contributed by atoms with E-state index < -0.39 is 6.10 Å². The Morgan fingerprint density at radius 2 is 2.00 bits per heavy atom. The van der Waals surface area contributed by atoms with Crippen LogP contribution in [0.15, 0.2) is 48.5 Å². The molecular formula is C19H22ClN2O2+. The third kappa shape index (κ3) is 3.40. The largest absolute Gasteiger partial charge is 0.491 e. The number of benzene rings is 2. The third-order valence-corrected chi connectivity index (χ3v) is 4.42. The minimum atomic E-state index is -0.606. The van der Waals surface area contributed by atoms with Gasteiger partial charge in [-0.05, 0) is 30.3 Å². The van der Waals surface area contributed by atoms with Gasteiger partial charge in [0.05, 0.1) is 7.05 Å². The summed E-state index contributed by atoms with van der Waals surface area (Å²) in [6, 6.07) is 15.4. The minimum absolute atomic E-state index is 0.222. The van der Waals surface area contributed by atoms with Gasteiger partial charge >= 0.3 is 0 Å². The Kier molecular flexibility index (Phi) is 5.07. The second kappa shape index (κ2) is 7.24. The van der Waals surface area contributed by atoms with Crippen LogP contribution in [0.5, 0.6) is 5.75 Å². The van der Waals surface area contributed by atoms with E-state index in [1.54, 1.807) is 12.1 Å². The van der Waals surface area contributed by atoms with E-state index in [-0.39, 0.29) is 6.61 Å². The molecule has 1 aromatic heterocycles. The third-order valence-electron chi connectivity index (χ3n) is 4.18. The lowest BCUT2D eigenvalue weighted by atomic mass is 10.3. The van der Waals surface area contributed by atoms with E-state index in [4.69, 9.17) is 16.3 Å². The van der Waals surface area contributed by atoms with E-state index in [9.17, 15) is 5.11 Å². The van der Waals surface area contributed by atoms with Crippen LogP contribution in [0.2, 0.25) is 5.02 Å². The summed E-state index contributed by atoms with van der Waals surface area (Å²) >= 11 is 5.95. The van der Waals surface area contributed by atoms with Crippen LogP contribution in [0.4, 0.5) is 0 Å². The van der Waals surface area contributed by atoms with Crippen LogP contribution in [0.25, 0.3) is 11.0 Å². The van der Waals surface area contributed by atoms with Gasteiger partial charge in [-0.1, -0.05) is 36.7 Å². The van der Waals surface area contributed by atoms with Gasteiger partial charge in [0.2, 0.25) is 0 Å². The summed E-state index contributed by atoms with van der Waals surface area (Å²) in [6.45, 7) is 2.84. The first-order valence-electron chi connectivity index (χ1n) is 8.12. The second-order valence-electron chi connectivity index (χ2n) is 5.85. The topological polar surface area (TPSA) is 38.3 Å². The molecule has 1 atom stereocenters. The number of aliphatic hydroxyl groups is 1. The number of aryl methyl sites for hydroxylation is 1. The maximum absolute atomic E-state index is 10.4. The summed E-state index contributed by atoms with van der Waals surface area (Å²) < 4.78 is 10.0. The summed E-state index contributed by atoms with van der Waals surface area (Å²) in [5, 5.41) is 11.1. The fourth-order valence-electron chi connectivity index (χ4n) is 3.08. The smallest absolute Gasteiger partial charge is 0.256 e. The molecule has 0 saturated carbocycles. The first kappa shape index (κ1) is 16.8. The molecule has 0 aliphatic rings. The zero-order chi connectivity index (χ0) is 17.1. The quantitative estimate of drug-likeness (QED) is 0.697. The number of para-hydroxylation sites is 2. The number of imidazole rings is 1. The van der Waals surface area contributed by atoms with Crippen molar-refractivity contribution in [2.24, 2.45) is 7.05 Å². The monoisotopic (exact) mass is 345 g/mol. The van der Waals surface area contributed by atoms with Gasteiger partial charge in [0.15, 0.2) is 11.0 Å². The predicted octanol–water partition coefficient (Wildman–Crippen LogP) is 3.12. The van der Waals surface area contributed by atoms with Crippen LogP contribution in [0.3, 0.4) is 0 Å². The Morgan fingerprint density at radius 1 is 1.21 bits per heavy atom. The number of aliphatic hydroxyl groups excluding tert-OH is 1. The number of aromatic nitrogens is 2. The summed E-state index contributed by atoms with van der Waals surface area (Å²) in [7, 11) is 2.06. The molecule has 0 aliphatic carbocycles. The summed E-state index contributed by atoms with van der Waals surface area (Å²) in [5.74, 6) is 1.85. The molecule has 0 fully saturated rings. The molecule has 4 nitrogen and oxygen atoms in total. The molecule has 3 aromatic rings. The lowest BCUT2D eigenvalue weighted by Gasteiger charge is -2.12. The fourth-order valence-corrected chi connectivity index (χ4v) is 3.26. The average molecular weight is 346 g/mol. The Morgan fingerprint density at radius 3 is 2.75 bits per heavy atom. The summed E-state index contributed by atoms with van der Waals surface area (Å²) in [4.78, 5) is 0. The molecule has 0 radical (unpaired) electrons. The van der Waals surface area contributed by atoms with Gasteiger partial charge in [0.1, 0.15) is 25.0 Å². The van der Waals surface area contributed by atoms with Crippen molar-refractivity contribution >= 4 is 22.6 Å². The van der Waals surface area contributed by atoms with E-state index in [0.29, 0.717) is 17.3 Å². The standard InChI is InChI=1S/C19H22ClN2O2/c1-3-19-21(2)17-9-4-5-10-18(17)22(19)12-15(23)13-24-16-8-6-7-14(20)11-16/h4-11,15,23H,3,12-13H2,1-2H3/q+1/t15-/m0/s1. The molecule has 0 spiro atoms. The van der Waals surface area contributed by atoms with Gasteiger partial charge in [0, 0.05) is 11.4 Å². The first-order valence-corrected chi connectivity index (χ1v) is 8.50. The van der Waals surface area contributed by atoms with Crippen molar-refractivity contribution in [3.8, 4) is 5.75 Å². The van der Waals surface area contributed by atoms with Crippen molar-refractivity contribution < 1.29 is 14.4 Å². The Bertz CT molecular complexity index is 844. The van der Waals surface area contributed by atoms with Crippen LogP contribution in [0, 0.1) is 0 Å². The van der Waals surface area contributed by atoms with E-state index in [2.05, 4.69) is 35.2 Å². The van der Waals surface area contributed by atoms with Crippen molar-refractivity contribution in [1.82, 2.24) is 4.57 Å². The first-order chi connectivity index (χ1) is 11.6. The Labute approximate surface area is 146 Å². The normalized spacial score (nSPS) is 12.5. The van der Waals surface area contributed by atoms with Crippen molar-refractivity contribution in [3.05, 3.63) is 59.4 Å². The lowest BCUT2D eigenvalue weighted by molar-refractivity contribution is -0.653. The lowest BCUT2D eigenvalue weighted by Crippen LogP contribution is -2.34. The van der Waals surface area contributed by atoms with Crippen LogP contribution in [0.1, 0.15) is 12.7 Å². The van der Waals surface area contributed by atoms with E-state index in [0.717, 1.165) is 17.5 Å². The maximum Gasteiger partial charge on any atom is 0.256 e. The van der Waals surface area contributed by atoms with Gasteiger partial charge in [-0.3, -0.25) is 0 Å². The van der Waals surface area contributed by atoms with E-state index >= 15 is 0 Å².